The third-order valence-corrected chi connectivity index (χ3v) is 4.62. The molecule has 10 nitrogen and oxygen atoms in total. The Bertz CT molecular complexity index is 1080. The average Bonchev–Trinajstić information content (AvgIpc) is 3.09. The maximum atomic E-state index is 11.5. The second-order valence-electron chi connectivity index (χ2n) is 5.70. The molecule has 0 aliphatic heterocycles. The third kappa shape index (κ3) is 4.20. The van der Waals surface area contributed by atoms with Gasteiger partial charge in [0.2, 0.25) is 11.1 Å². The number of hydrogen-bond acceptors (Lipinski definition) is 8. The summed E-state index contributed by atoms with van der Waals surface area (Å²) in [6, 6.07) is 11.1. The second kappa shape index (κ2) is 7.96. The molecule has 0 atom stereocenters. The highest BCUT2D eigenvalue weighted by Gasteiger charge is 2.20. The number of benzene rings is 2. The Morgan fingerprint density at radius 1 is 1.18 bits per heavy atom. The van der Waals surface area contributed by atoms with E-state index in [2.05, 4.69) is 20.8 Å². The number of hydrogen-bond donors (Lipinski definition) is 1. The first-order chi connectivity index (χ1) is 13.3. The molecular weight excluding hydrogens is 384 g/mol. The van der Waals surface area contributed by atoms with Crippen LogP contribution in [0.5, 0.6) is 0 Å². The van der Waals surface area contributed by atoms with Crippen LogP contribution in [0.4, 0.5) is 11.4 Å². The monoisotopic (exact) mass is 398 g/mol. The van der Waals surface area contributed by atoms with Crippen molar-refractivity contribution in [3.05, 3.63) is 58.1 Å². The van der Waals surface area contributed by atoms with Crippen molar-refractivity contribution in [2.24, 2.45) is 0 Å². The first-order valence-electron chi connectivity index (χ1n) is 7.99. The molecule has 0 bridgehead atoms. The summed E-state index contributed by atoms with van der Waals surface area (Å²) >= 11 is 0.997. The number of anilines is 1. The standard InChI is InChI=1S/C17H14N6O4S/c1-10(24)12-6-7-16(15(8-12)23(26)27)28-17-19-20-21-22(17)14-5-3-4-13(9-14)18-11(2)25/h3-9H,1-2H3,(H,18,25). The largest absolute Gasteiger partial charge is 0.326 e. The minimum Gasteiger partial charge on any atom is -0.326 e. The molecule has 0 unspecified atom stereocenters. The molecule has 3 aromatic rings. The lowest BCUT2D eigenvalue weighted by atomic mass is 10.1. The molecule has 142 valence electrons. The smallest absolute Gasteiger partial charge is 0.284 e. The van der Waals surface area contributed by atoms with Crippen LogP contribution in [0.2, 0.25) is 0 Å². The predicted octanol–water partition coefficient (Wildman–Crippen LogP) is 2.88. The molecule has 11 heteroatoms. The molecule has 0 aliphatic carbocycles. The lowest BCUT2D eigenvalue weighted by Gasteiger charge is -2.08. The number of nitro benzene ring substituents is 1. The number of nitrogens with one attached hydrogen (secondary N) is 1. The Kier molecular flexibility index (Phi) is 5.45. The van der Waals surface area contributed by atoms with Gasteiger partial charge in [0.15, 0.2) is 5.78 Å². The minimum absolute atomic E-state index is 0.209. The molecule has 0 saturated heterocycles. The Morgan fingerprint density at radius 2 is 1.96 bits per heavy atom. The number of tetrazole rings is 1. The molecule has 0 radical (unpaired) electrons. The lowest BCUT2D eigenvalue weighted by Crippen LogP contribution is -2.07. The van der Waals surface area contributed by atoms with E-state index in [4.69, 9.17) is 0 Å². The Morgan fingerprint density at radius 3 is 2.64 bits per heavy atom. The summed E-state index contributed by atoms with van der Waals surface area (Å²) in [5.74, 6) is -0.482. The van der Waals surface area contributed by atoms with Gasteiger partial charge in [0.25, 0.3) is 5.69 Å². The summed E-state index contributed by atoms with van der Waals surface area (Å²) in [6.45, 7) is 2.74. The Hall–Kier alpha value is -3.60. The van der Waals surface area contributed by atoms with Crippen LogP contribution in [0.3, 0.4) is 0 Å². The fourth-order valence-electron chi connectivity index (χ4n) is 2.39. The zero-order valence-electron chi connectivity index (χ0n) is 14.8. The van der Waals surface area contributed by atoms with Gasteiger partial charge in [-0.2, -0.15) is 4.68 Å². The van der Waals surface area contributed by atoms with Crippen molar-refractivity contribution >= 4 is 34.8 Å². The number of carbonyl (C=O) groups is 2. The highest BCUT2D eigenvalue weighted by Crippen LogP contribution is 2.35. The fourth-order valence-corrected chi connectivity index (χ4v) is 3.26. The van der Waals surface area contributed by atoms with E-state index in [0.29, 0.717) is 21.4 Å². The Labute approximate surface area is 163 Å². The molecule has 0 fully saturated rings. The molecule has 28 heavy (non-hydrogen) atoms. The van der Waals surface area contributed by atoms with Crippen LogP contribution in [-0.2, 0) is 4.79 Å². The van der Waals surface area contributed by atoms with Gasteiger partial charge < -0.3 is 5.32 Å². The topological polar surface area (TPSA) is 133 Å². The summed E-state index contributed by atoms with van der Waals surface area (Å²) in [5, 5.41) is 25.9. The van der Waals surface area contributed by atoms with Crippen molar-refractivity contribution in [3.8, 4) is 5.69 Å². The number of nitrogens with zero attached hydrogens (tertiary/aromatic N) is 5. The van der Waals surface area contributed by atoms with E-state index in [0.717, 1.165) is 11.8 Å². The van der Waals surface area contributed by atoms with Crippen LogP contribution < -0.4 is 5.32 Å². The fraction of sp³-hybridized carbons (Fsp3) is 0.118. The number of Topliss-reactive ketones (excluding diaryl/α,β-unsaturated/α-hetero) is 1. The van der Waals surface area contributed by atoms with Gasteiger partial charge in [-0.1, -0.05) is 6.07 Å². The molecule has 1 amide bonds. The number of amides is 1. The number of carbonyl (C=O) groups excluding carboxylic acids is 2. The van der Waals surface area contributed by atoms with Crippen molar-refractivity contribution in [2.45, 2.75) is 23.9 Å². The molecule has 0 saturated carbocycles. The molecule has 1 heterocycles. The maximum absolute atomic E-state index is 11.5. The van der Waals surface area contributed by atoms with E-state index in [-0.39, 0.29) is 22.9 Å². The zero-order valence-corrected chi connectivity index (χ0v) is 15.6. The van der Waals surface area contributed by atoms with E-state index in [9.17, 15) is 19.7 Å². The van der Waals surface area contributed by atoms with Crippen molar-refractivity contribution in [1.29, 1.82) is 0 Å². The minimum atomic E-state index is -0.555. The van der Waals surface area contributed by atoms with Crippen molar-refractivity contribution in [3.63, 3.8) is 0 Å². The summed E-state index contributed by atoms with van der Waals surface area (Å²) in [4.78, 5) is 33.9. The third-order valence-electron chi connectivity index (χ3n) is 3.62. The lowest BCUT2D eigenvalue weighted by molar-refractivity contribution is -0.387. The Balaban J connectivity index is 1.97. The molecule has 3 rings (SSSR count). The molecular formula is C17H14N6O4S. The van der Waals surface area contributed by atoms with Gasteiger partial charge in [-0.25, -0.2) is 0 Å². The molecule has 2 aromatic carbocycles. The summed E-state index contributed by atoms with van der Waals surface area (Å²) < 4.78 is 1.40. The quantitative estimate of drug-likeness (QED) is 0.381. The first kappa shape index (κ1) is 19.2. The average molecular weight is 398 g/mol. The second-order valence-corrected chi connectivity index (χ2v) is 6.71. The van der Waals surface area contributed by atoms with E-state index in [1.54, 1.807) is 24.3 Å². The normalized spacial score (nSPS) is 10.5. The molecule has 1 aromatic heterocycles. The number of ketones is 1. The van der Waals surface area contributed by atoms with Gasteiger partial charge in [0.05, 0.1) is 15.5 Å². The van der Waals surface area contributed by atoms with Crippen molar-refractivity contribution < 1.29 is 14.5 Å². The summed E-state index contributed by atoms with van der Waals surface area (Å²) in [5.41, 5.74) is 1.17. The van der Waals surface area contributed by atoms with Crippen LogP contribution in [-0.4, -0.2) is 36.8 Å². The summed E-state index contributed by atoms with van der Waals surface area (Å²) in [7, 11) is 0. The maximum Gasteiger partial charge on any atom is 0.284 e. The van der Waals surface area contributed by atoms with Gasteiger partial charge in [-0.3, -0.25) is 19.7 Å². The van der Waals surface area contributed by atoms with Crippen molar-refractivity contribution in [2.75, 3.05) is 5.32 Å². The van der Waals surface area contributed by atoms with Gasteiger partial charge in [-0.05, 0) is 59.4 Å². The highest BCUT2D eigenvalue weighted by molar-refractivity contribution is 7.99. The van der Waals surface area contributed by atoms with Crippen LogP contribution in [0.15, 0.2) is 52.5 Å². The van der Waals surface area contributed by atoms with E-state index >= 15 is 0 Å². The SMILES string of the molecule is CC(=O)Nc1cccc(-n2nnnc2Sc2ccc(C(C)=O)cc2[N+](=O)[O-])c1. The van der Waals surface area contributed by atoms with Crippen molar-refractivity contribution in [1.82, 2.24) is 20.2 Å². The molecule has 0 spiro atoms. The first-order valence-corrected chi connectivity index (χ1v) is 8.80. The number of nitro groups is 1. The van der Waals surface area contributed by atoms with Crippen LogP contribution in [0, 0.1) is 10.1 Å². The number of aromatic nitrogens is 4. The predicted molar refractivity (Wildman–Crippen MR) is 101 cm³/mol. The molecule has 1 N–H and O–H groups in total. The zero-order chi connectivity index (χ0) is 20.3. The summed E-state index contributed by atoms with van der Waals surface area (Å²) in [6.07, 6.45) is 0. The highest BCUT2D eigenvalue weighted by atomic mass is 32.2. The van der Waals surface area contributed by atoms with E-state index in [1.807, 2.05) is 0 Å². The van der Waals surface area contributed by atoms with Crippen LogP contribution in [0.25, 0.3) is 5.69 Å². The van der Waals surface area contributed by atoms with Crippen LogP contribution in [0.1, 0.15) is 24.2 Å². The molecule has 0 aliphatic rings. The van der Waals surface area contributed by atoms with E-state index in [1.165, 1.54) is 36.7 Å². The van der Waals surface area contributed by atoms with Gasteiger partial charge in [-0.15, -0.1) is 5.10 Å². The van der Waals surface area contributed by atoms with E-state index < -0.39 is 4.92 Å². The van der Waals surface area contributed by atoms with Gasteiger partial charge >= 0.3 is 0 Å². The number of rotatable bonds is 6. The van der Waals surface area contributed by atoms with Gasteiger partial charge in [0, 0.05) is 24.2 Å². The van der Waals surface area contributed by atoms with Gasteiger partial charge in [0.1, 0.15) is 0 Å². The van der Waals surface area contributed by atoms with Crippen LogP contribution >= 0.6 is 11.8 Å².